The second kappa shape index (κ2) is 8.65. The Hall–Kier alpha value is -2.54. The number of benzene rings is 2. The van der Waals surface area contributed by atoms with Gasteiger partial charge in [0.2, 0.25) is 5.60 Å². The van der Waals surface area contributed by atoms with Crippen molar-refractivity contribution in [3.63, 3.8) is 0 Å². The van der Waals surface area contributed by atoms with E-state index in [-0.39, 0.29) is 16.9 Å². The van der Waals surface area contributed by atoms with Crippen LogP contribution in [0.2, 0.25) is 0 Å². The summed E-state index contributed by atoms with van der Waals surface area (Å²) in [4.78, 5) is 6.33. The molecule has 0 aliphatic carbocycles. The second-order valence-corrected chi connectivity index (χ2v) is 6.38. The van der Waals surface area contributed by atoms with Gasteiger partial charge in [-0.1, -0.05) is 30.3 Å². The summed E-state index contributed by atoms with van der Waals surface area (Å²) in [5, 5.41) is 10.9. The van der Waals surface area contributed by atoms with Crippen LogP contribution in [0.1, 0.15) is 30.5 Å². The number of rotatable bonds is 7. The lowest BCUT2D eigenvalue weighted by atomic mass is 9.84. The molecule has 28 heavy (non-hydrogen) atoms. The Morgan fingerprint density at radius 2 is 1.71 bits per heavy atom. The van der Waals surface area contributed by atoms with Gasteiger partial charge in [0.05, 0.1) is 19.1 Å². The molecule has 0 fully saturated rings. The van der Waals surface area contributed by atoms with Gasteiger partial charge in [-0.25, -0.2) is 4.99 Å². The number of aliphatic hydroxyl groups is 1. The van der Waals surface area contributed by atoms with Crippen LogP contribution in [0.25, 0.3) is 0 Å². The molecule has 2 aromatic carbocycles. The van der Waals surface area contributed by atoms with Crippen molar-refractivity contribution in [3.8, 4) is 5.75 Å². The number of nitrogens with zero attached hydrogens (tertiary/aromatic N) is 2. The van der Waals surface area contributed by atoms with Crippen molar-refractivity contribution in [1.29, 1.82) is 0 Å². The topological polar surface area (TPSA) is 45.1 Å². The number of aryl methyl sites for hydroxylation is 1. The first-order chi connectivity index (χ1) is 13.2. The van der Waals surface area contributed by atoms with Crippen LogP contribution in [0.15, 0.2) is 47.5 Å². The van der Waals surface area contributed by atoms with E-state index in [1.807, 2.05) is 18.7 Å². The van der Waals surface area contributed by atoms with Gasteiger partial charge in [0.15, 0.2) is 0 Å². The normalized spacial score (nSPS) is 14.1. The van der Waals surface area contributed by atoms with Gasteiger partial charge in [-0.05, 0) is 38.0 Å². The Morgan fingerprint density at radius 3 is 2.21 bits per heavy atom. The molecule has 0 aromatic heterocycles. The lowest BCUT2D eigenvalue weighted by Gasteiger charge is -2.33. The molecular weight excluding hydrogens is 369 g/mol. The van der Waals surface area contributed by atoms with Gasteiger partial charge in [-0.15, -0.1) is 0 Å². The maximum absolute atomic E-state index is 14.0. The van der Waals surface area contributed by atoms with Crippen LogP contribution in [0, 0.1) is 6.92 Å². The fraction of sp³-hybridized carbons (Fsp3) is 0.381. The van der Waals surface area contributed by atoms with Crippen molar-refractivity contribution in [2.24, 2.45) is 4.99 Å². The van der Waals surface area contributed by atoms with Gasteiger partial charge in [0.1, 0.15) is 5.75 Å². The summed E-state index contributed by atoms with van der Waals surface area (Å²) in [5.74, 6) is -0.0824. The van der Waals surface area contributed by atoms with Crippen LogP contribution in [0.5, 0.6) is 5.75 Å². The lowest BCUT2D eigenvalue weighted by molar-refractivity contribution is -0.248. The highest BCUT2D eigenvalue weighted by Crippen LogP contribution is 2.48. The number of halogens is 3. The lowest BCUT2D eigenvalue weighted by Crippen LogP contribution is -2.43. The van der Waals surface area contributed by atoms with Gasteiger partial charge < -0.3 is 14.7 Å². The molecular formula is C21H25F3N2O2. The number of hydrogen-bond acceptors (Lipinski definition) is 3. The predicted molar refractivity (Wildman–Crippen MR) is 104 cm³/mol. The quantitative estimate of drug-likeness (QED) is 0.542. The van der Waals surface area contributed by atoms with Crippen molar-refractivity contribution in [2.75, 3.05) is 20.2 Å². The summed E-state index contributed by atoms with van der Waals surface area (Å²) in [6, 6.07) is 9.69. The molecule has 2 rings (SSSR count). The molecule has 1 N–H and O–H groups in total. The third kappa shape index (κ3) is 4.14. The summed E-state index contributed by atoms with van der Waals surface area (Å²) >= 11 is 0. The number of aliphatic imine (C=N–C) groups is 1. The van der Waals surface area contributed by atoms with Crippen LogP contribution < -0.4 is 4.74 Å². The first kappa shape index (κ1) is 21.8. The largest absolute Gasteiger partial charge is 0.496 e. The molecule has 1 unspecified atom stereocenters. The van der Waals surface area contributed by atoms with E-state index in [0.29, 0.717) is 11.3 Å². The molecule has 0 aliphatic rings. The Morgan fingerprint density at radius 1 is 1.11 bits per heavy atom. The maximum atomic E-state index is 14.0. The molecule has 0 amide bonds. The Kier molecular flexibility index (Phi) is 6.72. The average molecular weight is 394 g/mol. The van der Waals surface area contributed by atoms with Crippen LogP contribution in [0.4, 0.5) is 18.9 Å². The van der Waals surface area contributed by atoms with Crippen LogP contribution in [0.3, 0.4) is 0 Å². The molecule has 0 saturated heterocycles. The van der Waals surface area contributed by atoms with Crippen LogP contribution in [-0.4, -0.2) is 42.7 Å². The zero-order chi connectivity index (χ0) is 20.9. The van der Waals surface area contributed by atoms with Crippen LogP contribution in [-0.2, 0) is 5.60 Å². The number of methoxy groups -OCH3 is 1. The molecule has 0 bridgehead atoms. The third-order valence-electron chi connectivity index (χ3n) is 4.68. The van der Waals surface area contributed by atoms with Gasteiger partial charge in [-0.3, -0.25) is 0 Å². The second-order valence-electron chi connectivity index (χ2n) is 6.38. The van der Waals surface area contributed by atoms with E-state index in [1.54, 1.807) is 19.3 Å². The molecule has 0 saturated carbocycles. The van der Waals surface area contributed by atoms with E-state index in [9.17, 15) is 18.3 Å². The SMILES string of the molecule is CCN(/C=N/c1cc(OC)c(C(O)(c2ccccc2)C(F)(F)F)cc1C)CC. The van der Waals surface area contributed by atoms with Crippen molar-refractivity contribution in [3.05, 3.63) is 59.2 Å². The Bertz CT molecular complexity index is 818. The molecule has 0 spiro atoms. The molecule has 152 valence electrons. The average Bonchev–Trinajstić information content (AvgIpc) is 2.68. The minimum absolute atomic E-state index is 0.0824. The molecule has 2 aromatic rings. The maximum Gasteiger partial charge on any atom is 0.425 e. The zero-order valence-electron chi connectivity index (χ0n) is 16.4. The highest BCUT2D eigenvalue weighted by atomic mass is 19.4. The van der Waals surface area contributed by atoms with E-state index in [4.69, 9.17) is 4.74 Å². The number of alkyl halides is 3. The minimum atomic E-state index is -4.94. The van der Waals surface area contributed by atoms with Gasteiger partial charge in [-0.2, -0.15) is 13.2 Å². The van der Waals surface area contributed by atoms with Crippen molar-refractivity contribution < 1.29 is 23.0 Å². The highest BCUT2D eigenvalue weighted by Gasteiger charge is 2.57. The van der Waals surface area contributed by atoms with Crippen LogP contribution >= 0.6 is 0 Å². The predicted octanol–water partition coefficient (Wildman–Crippen LogP) is 4.80. The Labute approximate surface area is 163 Å². The van der Waals surface area contributed by atoms with Crippen molar-refractivity contribution in [2.45, 2.75) is 32.5 Å². The van der Waals surface area contributed by atoms with E-state index in [2.05, 4.69) is 4.99 Å². The van der Waals surface area contributed by atoms with Gasteiger partial charge in [0.25, 0.3) is 0 Å². The molecule has 7 heteroatoms. The summed E-state index contributed by atoms with van der Waals surface area (Å²) < 4.78 is 47.3. The summed E-state index contributed by atoms with van der Waals surface area (Å²) in [7, 11) is 1.27. The summed E-state index contributed by atoms with van der Waals surface area (Å²) in [6.07, 6.45) is -3.30. The first-order valence-corrected chi connectivity index (χ1v) is 9.00. The van der Waals surface area contributed by atoms with E-state index in [1.165, 1.54) is 43.5 Å². The van der Waals surface area contributed by atoms with Gasteiger partial charge in [0, 0.05) is 24.7 Å². The third-order valence-corrected chi connectivity index (χ3v) is 4.68. The number of ether oxygens (including phenoxy) is 1. The molecule has 0 aliphatic heterocycles. The summed E-state index contributed by atoms with van der Waals surface area (Å²) in [5.41, 5.74) is -2.87. The van der Waals surface area contributed by atoms with E-state index < -0.39 is 11.8 Å². The first-order valence-electron chi connectivity index (χ1n) is 9.00. The van der Waals surface area contributed by atoms with Crippen molar-refractivity contribution >= 4 is 12.0 Å². The number of hydrogen-bond donors (Lipinski definition) is 1. The molecule has 4 nitrogen and oxygen atoms in total. The van der Waals surface area contributed by atoms with Crippen molar-refractivity contribution in [1.82, 2.24) is 4.90 Å². The van der Waals surface area contributed by atoms with Gasteiger partial charge >= 0.3 is 6.18 Å². The fourth-order valence-corrected chi connectivity index (χ4v) is 2.95. The summed E-state index contributed by atoms with van der Waals surface area (Å²) in [6.45, 7) is 7.14. The highest BCUT2D eigenvalue weighted by molar-refractivity contribution is 5.66. The molecule has 1 atom stereocenters. The smallest absolute Gasteiger partial charge is 0.425 e. The monoisotopic (exact) mass is 394 g/mol. The fourth-order valence-electron chi connectivity index (χ4n) is 2.95. The van der Waals surface area contributed by atoms with E-state index in [0.717, 1.165) is 13.1 Å². The standard InChI is InChI=1S/C21H25F3N2O2/c1-5-26(6-2)14-25-18-13-19(28-4)17(12-15(18)3)20(27,21(22,23)24)16-10-8-7-9-11-16/h7-14,27H,5-6H2,1-4H3/b25-14+. The minimum Gasteiger partial charge on any atom is -0.496 e. The van der Waals surface area contributed by atoms with E-state index >= 15 is 0 Å². The molecule has 0 heterocycles. The molecule has 0 radical (unpaired) electrons. The Balaban J connectivity index is 2.65. The zero-order valence-corrected chi connectivity index (χ0v) is 16.4.